The van der Waals surface area contributed by atoms with Gasteiger partial charge in [0.2, 0.25) is 41.4 Å². The zero-order valence-electron chi connectivity index (χ0n) is 82.4. The Balaban J connectivity index is 0.661. The monoisotopic (exact) mass is 1980 g/mol. The Bertz CT molecular complexity index is 4920. The van der Waals surface area contributed by atoms with Crippen molar-refractivity contribution in [2.45, 2.75) is 162 Å². The number of carbonyl (C=O) groups excluding carboxylic acids is 13. The predicted molar refractivity (Wildman–Crippen MR) is 513 cm³/mol. The fourth-order valence-electron chi connectivity index (χ4n) is 15.4. The number of nitrogens with one attached hydrogen (secondary N) is 8. The molecule has 9 N–H and O–H groups in total. The highest BCUT2D eigenvalue weighted by molar-refractivity contribution is 6.13. The second-order valence-corrected chi connectivity index (χ2v) is 34.5. The molecule has 0 bridgehead atoms. The van der Waals surface area contributed by atoms with Crippen LogP contribution in [0.1, 0.15) is 139 Å². The van der Waals surface area contributed by atoms with Crippen LogP contribution in [0, 0.1) is 11.8 Å². The molecule has 43 heteroatoms. The number of hydrogen-bond acceptors (Lipinski definition) is 31. The number of hydrogen-bond donors (Lipinski definition) is 9. The van der Waals surface area contributed by atoms with Gasteiger partial charge in [0.05, 0.1) is 188 Å². The lowest BCUT2D eigenvalue weighted by Crippen LogP contribution is -2.60. The van der Waals surface area contributed by atoms with Gasteiger partial charge in [0.25, 0.3) is 23.6 Å². The second kappa shape index (κ2) is 58.2. The predicted octanol–water partition coefficient (Wildman–Crippen LogP) is 5.92. The van der Waals surface area contributed by atoms with E-state index in [4.69, 9.17) is 75.8 Å². The molecule has 9 rings (SSSR count). The molecule has 0 spiro atoms. The highest BCUT2D eigenvalue weighted by atomic mass is 16.6. The Hall–Kier alpha value is -12.3. The summed E-state index contributed by atoms with van der Waals surface area (Å²) in [6.45, 7) is 19.9. The van der Waals surface area contributed by atoms with Gasteiger partial charge in [0, 0.05) is 93.9 Å². The number of amides is 13. The number of benzene rings is 4. The van der Waals surface area contributed by atoms with Gasteiger partial charge in [-0.2, -0.15) is 0 Å². The van der Waals surface area contributed by atoms with Crippen molar-refractivity contribution in [1.82, 2.24) is 46.6 Å². The summed E-state index contributed by atoms with van der Waals surface area (Å²) < 4.78 is 90.6. The number of likely N-dealkylation sites (N-methyl/N-ethyl adjacent to an activating group) is 1. The molecule has 0 unspecified atom stereocenters. The molecule has 0 aliphatic carbocycles. The van der Waals surface area contributed by atoms with E-state index >= 15 is 0 Å². The van der Waals surface area contributed by atoms with Crippen molar-refractivity contribution in [2.24, 2.45) is 11.8 Å². The Morgan fingerprint density at radius 3 is 1.34 bits per heavy atom. The number of aliphatic hydroxyl groups excluding tert-OH is 1. The van der Waals surface area contributed by atoms with Crippen LogP contribution < -0.4 is 71.3 Å². The molecule has 0 radical (unpaired) electrons. The lowest BCUT2D eigenvalue weighted by molar-refractivity contribution is -0.137. The summed E-state index contributed by atoms with van der Waals surface area (Å²) in [5.74, 6) is -4.85. The fraction of sp³-hybridized carbons (Fsp3) is 0.561. The normalized spacial score (nSPS) is 16.7. The first-order chi connectivity index (χ1) is 67.9. The SMILES string of the molecule is CN[C@@]12CC(C)=CN1C(=O)c1cc(OC)c(OCCCCCOc3cc4c(cc3OC)C(=O)N3C=C(C)C[C@H]3[C@H](O)N4C(=O)OCc3ccc(NC(=O)[C@H](C)NC(=O)[C@@H](NC(=O)CCOCCOCCOCCOCCOCCOCCOCCOCCNC(=O)CCN4C(=O)C=CC4=O)C(C)C)cc3)cc1N(C(=O)OCc1ccc(NC(=O)[C@H](C)NC(=O)[C@@H](NC(=O)CCOCCOC)C(C)C)cc1)C2. The van der Waals surface area contributed by atoms with E-state index in [0.29, 0.717) is 141 Å². The number of nitrogens with zero attached hydrogens (tertiary/aromatic N) is 5. The van der Waals surface area contributed by atoms with E-state index in [1.807, 2.05) is 13.8 Å². The molecule has 0 fully saturated rings. The number of anilines is 4. The molecule has 0 aromatic heterocycles. The van der Waals surface area contributed by atoms with Crippen molar-refractivity contribution >= 4 is 99.9 Å². The summed E-state index contributed by atoms with van der Waals surface area (Å²) >= 11 is 0. The number of rotatable bonds is 63. The second-order valence-electron chi connectivity index (χ2n) is 34.5. The van der Waals surface area contributed by atoms with Crippen molar-refractivity contribution in [2.75, 3.05) is 207 Å². The fourth-order valence-corrected chi connectivity index (χ4v) is 15.4. The van der Waals surface area contributed by atoms with Crippen LogP contribution in [0.15, 0.2) is 108 Å². The first kappa shape index (κ1) is 112. The molecule has 4 aromatic carbocycles. The summed E-state index contributed by atoms with van der Waals surface area (Å²) in [4.78, 5) is 179. The lowest BCUT2D eigenvalue weighted by Gasteiger charge is -2.38. The van der Waals surface area contributed by atoms with Crippen molar-refractivity contribution < 1.29 is 143 Å². The molecule has 0 saturated heterocycles. The Morgan fingerprint density at radius 1 is 0.461 bits per heavy atom. The average molecular weight is 1980 g/mol. The summed E-state index contributed by atoms with van der Waals surface area (Å²) in [6, 6.07) is 14.2. The van der Waals surface area contributed by atoms with Crippen LogP contribution in [0.5, 0.6) is 23.0 Å². The van der Waals surface area contributed by atoms with E-state index in [-0.39, 0.29) is 174 Å². The van der Waals surface area contributed by atoms with Crippen LogP contribution in [-0.4, -0.2) is 326 Å². The molecule has 7 atom stereocenters. The number of ether oxygens (including phenoxy) is 16. The largest absolute Gasteiger partial charge is 0.493 e. The number of unbranched alkanes of at least 4 members (excludes halogenated alkanes) is 2. The quantitative estimate of drug-likeness (QED) is 0.0183. The van der Waals surface area contributed by atoms with E-state index in [0.717, 1.165) is 20.9 Å². The summed E-state index contributed by atoms with van der Waals surface area (Å²) in [7, 11) is 6.11. The molecule has 774 valence electrons. The third kappa shape index (κ3) is 34.6. The van der Waals surface area contributed by atoms with Crippen LogP contribution in [0.2, 0.25) is 0 Å². The first-order valence-corrected chi connectivity index (χ1v) is 47.3. The summed E-state index contributed by atoms with van der Waals surface area (Å²) in [5.41, 5.74) is 2.81. The van der Waals surface area contributed by atoms with Crippen LogP contribution in [0.4, 0.5) is 32.3 Å². The highest BCUT2D eigenvalue weighted by Gasteiger charge is 2.50. The minimum atomic E-state index is -1.59. The van der Waals surface area contributed by atoms with E-state index < -0.39 is 107 Å². The highest BCUT2D eigenvalue weighted by Crippen LogP contribution is 2.45. The Morgan fingerprint density at radius 2 is 0.894 bits per heavy atom. The third-order valence-electron chi connectivity index (χ3n) is 23.1. The number of imide groups is 1. The lowest BCUT2D eigenvalue weighted by atomic mass is 10.0. The standard InChI is InChI=1S/C98H137N13O30/c1-63(2)87(105-83(113)27-33-129-37-36-126-10)91(119)101-67(7)89(117)103-71-20-16-69(17-21-71)60-140-96(124)109-62-98(99-9)57-66(6)59-110(98)94(122)73-53-78(127-11)80(55-75(73)109)138-31-14-13-15-32-139-81-56-76-74(54-79(81)128-12)93(121)108-58-65(5)52-77(108)95(123)111(76)97(125)141-61-70-18-22-72(23-19-70)104-90(118)68(8)102-92(120)88(64(3)4)106-84(114)28-34-130-38-40-132-42-44-134-46-48-136-50-51-137-49-47-135-45-43-133-41-39-131-35-29-100-82(112)26-30-107-85(115)24-25-86(107)116/h16-25,53-56,58-59,63-64,67-68,77,87-88,95,99,123H,13-15,26-52,57,60-62H2,1-12H3,(H,100,112)(H,101,119)(H,102,120)(H,103,117)(H,104,118)(H,105,113)(H,106,114)/t67-,68-,77-,87-,88-,95-,98-/m0/s1. The van der Waals surface area contributed by atoms with Gasteiger partial charge >= 0.3 is 12.2 Å². The van der Waals surface area contributed by atoms with Crippen LogP contribution in [0.3, 0.4) is 0 Å². The van der Waals surface area contributed by atoms with Crippen LogP contribution >= 0.6 is 0 Å². The minimum absolute atomic E-state index is 0.00196. The minimum Gasteiger partial charge on any atom is -0.493 e. The average Bonchev–Trinajstić information content (AvgIpc) is 1.60. The molecular weight excluding hydrogens is 1840 g/mol. The van der Waals surface area contributed by atoms with E-state index in [2.05, 4.69) is 42.5 Å². The molecular formula is C98H137N13O30. The molecule has 4 aromatic rings. The van der Waals surface area contributed by atoms with Crippen LogP contribution in [0.25, 0.3) is 0 Å². The number of methoxy groups -OCH3 is 3. The topological polar surface area (TPSA) is 502 Å². The van der Waals surface area contributed by atoms with E-state index in [1.54, 1.807) is 114 Å². The maximum atomic E-state index is 14.7. The van der Waals surface area contributed by atoms with E-state index in [9.17, 15) is 67.4 Å². The molecule has 0 saturated carbocycles. The van der Waals surface area contributed by atoms with Crippen molar-refractivity contribution in [3.8, 4) is 23.0 Å². The number of aliphatic hydroxyl groups is 1. The molecule has 13 amide bonds. The zero-order chi connectivity index (χ0) is 102. The third-order valence-corrected chi connectivity index (χ3v) is 23.1. The first-order valence-electron chi connectivity index (χ1n) is 47.3. The maximum absolute atomic E-state index is 14.7. The van der Waals surface area contributed by atoms with Gasteiger partial charge in [-0.05, 0) is 120 Å². The van der Waals surface area contributed by atoms with Crippen molar-refractivity contribution in [1.29, 1.82) is 0 Å². The van der Waals surface area contributed by atoms with E-state index in [1.165, 1.54) is 68.2 Å². The van der Waals surface area contributed by atoms with Gasteiger partial charge in [0.15, 0.2) is 29.2 Å². The molecule has 5 aliphatic heterocycles. The maximum Gasteiger partial charge on any atom is 0.416 e. The Labute approximate surface area is 820 Å². The van der Waals surface area contributed by atoms with Gasteiger partial charge in [-0.3, -0.25) is 72.8 Å². The molecule has 5 aliphatic rings. The molecule has 43 nitrogen and oxygen atoms in total. The Kier molecular flexibility index (Phi) is 46.4. The van der Waals surface area contributed by atoms with Crippen LogP contribution in [-0.2, 0) is 113 Å². The van der Waals surface area contributed by atoms with Crippen molar-refractivity contribution in [3.63, 3.8) is 0 Å². The molecule has 5 heterocycles. The van der Waals surface area contributed by atoms with Crippen molar-refractivity contribution in [3.05, 3.63) is 131 Å². The van der Waals surface area contributed by atoms with Gasteiger partial charge in [-0.1, -0.05) is 63.1 Å². The number of carbonyl (C=O) groups is 13. The van der Waals surface area contributed by atoms with Gasteiger partial charge in [-0.15, -0.1) is 0 Å². The molecule has 141 heavy (non-hydrogen) atoms. The van der Waals surface area contributed by atoms with Gasteiger partial charge < -0.3 is 123 Å². The summed E-state index contributed by atoms with van der Waals surface area (Å²) in [5, 5.41) is 34.5. The number of fused-ring (bicyclic) bond motifs is 4. The van der Waals surface area contributed by atoms with Gasteiger partial charge in [0.1, 0.15) is 43.0 Å². The zero-order valence-corrected chi connectivity index (χ0v) is 82.4. The van der Waals surface area contributed by atoms with Gasteiger partial charge in [-0.25, -0.2) is 14.5 Å². The summed E-state index contributed by atoms with van der Waals surface area (Å²) in [6.07, 6.45) is 4.55. The smallest absolute Gasteiger partial charge is 0.416 e.